The van der Waals surface area contributed by atoms with Gasteiger partial charge in [0.15, 0.2) is 0 Å². The third-order valence-corrected chi connectivity index (χ3v) is 3.76. The van der Waals surface area contributed by atoms with E-state index in [1.807, 2.05) is 19.2 Å². The number of likely N-dealkylation sites (N-methyl/N-ethyl adjacent to an activating group) is 1. The minimum absolute atomic E-state index is 0.120. The van der Waals surface area contributed by atoms with Gasteiger partial charge in [-0.15, -0.1) is 0 Å². The van der Waals surface area contributed by atoms with E-state index in [4.69, 9.17) is 0 Å². The Morgan fingerprint density at radius 1 is 1.29 bits per heavy atom. The van der Waals surface area contributed by atoms with E-state index in [-0.39, 0.29) is 11.9 Å². The van der Waals surface area contributed by atoms with Gasteiger partial charge in [-0.05, 0) is 38.4 Å². The fraction of sp³-hybridized carbons (Fsp3) is 0.611. The fourth-order valence-electron chi connectivity index (χ4n) is 2.47. The lowest BCUT2D eigenvalue weighted by molar-refractivity contribution is -0.122. The molecule has 0 spiro atoms. The molecule has 118 valence electrons. The Morgan fingerprint density at radius 2 is 2.00 bits per heavy atom. The number of nitrogens with zero attached hydrogens (tertiary/aromatic N) is 1. The van der Waals surface area contributed by atoms with E-state index in [9.17, 15) is 4.79 Å². The first-order valence-corrected chi connectivity index (χ1v) is 8.05. The van der Waals surface area contributed by atoms with Crippen LogP contribution in [-0.4, -0.2) is 30.4 Å². The normalized spacial score (nSPS) is 12.4. The van der Waals surface area contributed by atoms with Crippen molar-refractivity contribution >= 4 is 5.91 Å². The SMILES string of the molecule is CCCCCC(C)NC(=O)CN(C)Cc1ccccc1C. The molecule has 0 saturated carbocycles. The van der Waals surface area contributed by atoms with Crippen LogP contribution in [0, 0.1) is 6.92 Å². The Labute approximate surface area is 129 Å². The van der Waals surface area contributed by atoms with Gasteiger partial charge < -0.3 is 5.32 Å². The topological polar surface area (TPSA) is 32.3 Å². The average molecular weight is 290 g/mol. The van der Waals surface area contributed by atoms with Gasteiger partial charge in [0.25, 0.3) is 0 Å². The van der Waals surface area contributed by atoms with Crippen molar-refractivity contribution in [3.8, 4) is 0 Å². The average Bonchev–Trinajstić information content (AvgIpc) is 2.41. The van der Waals surface area contributed by atoms with E-state index in [0.717, 1.165) is 13.0 Å². The monoisotopic (exact) mass is 290 g/mol. The Balaban J connectivity index is 2.32. The maximum absolute atomic E-state index is 12.0. The number of amides is 1. The smallest absolute Gasteiger partial charge is 0.234 e. The third kappa shape index (κ3) is 7.28. The van der Waals surface area contributed by atoms with Crippen LogP contribution in [0.3, 0.4) is 0 Å². The lowest BCUT2D eigenvalue weighted by Crippen LogP contribution is -2.39. The molecule has 1 rings (SSSR count). The van der Waals surface area contributed by atoms with Crippen LogP contribution in [0.4, 0.5) is 0 Å². The van der Waals surface area contributed by atoms with Gasteiger partial charge in [-0.2, -0.15) is 0 Å². The summed E-state index contributed by atoms with van der Waals surface area (Å²) in [6.07, 6.45) is 4.73. The van der Waals surface area contributed by atoms with Gasteiger partial charge >= 0.3 is 0 Å². The predicted molar refractivity (Wildman–Crippen MR) is 89.3 cm³/mol. The summed E-state index contributed by atoms with van der Waals surface area (Å²) in [4.78, 5) is 14.1. The van der Waals surface area contributed by atoms with Gasteiger partial charge in [-0.25, -0.2) is 0 Å². The summed E-state index contributed by atoms with van der Waals surface area (Å²) in [5, 5.41) is 3.09. The Morgan fingerprint density at radius 3 is 2.67 bits per heavy atom. The van der Waals surface area contributed by atoms with E-state index in [0.29, 0.717) is 6.54 Å². The molecule has 1 aromatic carbocycles. The van der Waals surface area contributed by atoms with Gasteiger partial charge in [-0.1, -0.05) is 50.5 Å². The Bertz CT molecular complexity index is 431. The summed E-state index contributed by atoms with van der Waals surface area (Å²) in [6.45, 7) is 7.66. The number of carbonyl (C=O) groups excluding carboxylic acids is 1. The summed E-state index contributed by atoms with van der Waals surface area (Å²) in [5.41, 5.74) is 2.56. The van der Waals surface area contributed by atoms with Gasteiger partial charge in [0.1, 0.15) is 0 Å². The van der Waals surface area contributed by atoms with Crippen LogP contribution in [0.25, 0.3) is 0 Å². The van der Waals surface area contributed by atoms with E-state index in [1.54, 1.807) is 0 Å². The zero-order valence-corrected chi connectivity index (χ0v) is 14.0. The van der Waals surface area contributed by atoms with Crippen LogP contribution in [0.1, 0.15) is 50.7 Å². The minimum atomic E-state index is 0.120. The molecule has 3 heteroatoms. The van der Waals surface area contributed by atoms with Crippen molar-refractivity contribution in [1.82, 2.24) is 10.2 Å². The molecule has 0 aromatic heterocycles. The second-order valence-corrected chi connectivity index (χ2v) is 6.06. The van der Waals surface area contributed by atoms with Crippen molar-refractivity contribution in [3.63, 3.8) is 0 Å². The summed E-state index contributed by atoms with van der Waals surface area (Å²) < 4.78 is 0. The van der Waals surface area contributed by atoms with Gasteiger partial charge in [0.2, 0.25) is 5.91 Å². The Kier molecular flexibility index (Phi) is 8.06. The molecule has 0 bridgehead atoms. The van der Waals surface area contributed by atoms with Crippen LogP contribution < -0.4 is 5.32 Å². The number of aryl methyl sites for hydroxylation is 1. The second-order valence-electron chi connectivity index (χ2n) is 6.06. The number of hydrogen-bond acceptors (Lipinski definition) is 2. The lowest BCUT2D eigenvalue weighted by atomic mass is 10.1. The Hall–Kier alpha value is -1.35. The summed E-state index contributed by atoms with van der Waals surface area (Å²) in [5.74, 6) is 0.120. The van der Waals surface area contributed by atoms with Crippen LogP contribution in [0.5, 0.6) is 0 Å². The molecular formula is C18H30N2O. The molecule has 1 aromatic rings. The molecule has 3 nitrogen and oxygen atoms in total. The van der Waals surface area contributed by atoms with Crippen molar-refractivity contribution in [2.45, 2.75) is 59.0 Å². The summed E-state index contributed by atoms with van der Waals surface area (Å²) in [7, 11) is 1.99. The molecule has 0 aliphatic carbocycles. The first kappa shape index (κ1) is 17.7. The quantitative estimate of drug-likeness (QED) is 0.706. The predicted octanol–water partition coefficient (Wildman–Crippen LogP) is 3.51. The number of nitrogens with one attached hydrogen (secondary N) is 1. The second kappa shape index (κ2) is 9.56. The number of benzene rings is 1. The van der Waals surface area contributed by atoms with Crippen molar-refractivity contribution in [1.29, 1.82) is 0 Å². The maximum Gasteiger partial charge on any atom is 0.234 e. The van der Waals surface area contributed by atoms with Crippen molar-refractivity contribution in [2.24, 2.45) is 0 Å². The molecule has 0 radical (unpaired) electrons. The summed E-state index contributed by atoms with van der Waals surface area (Å²) >= 11 is 0. The lowest BCUT2D eigenvalue weighted by Gasteiger charge is -2.19. The third-order valence-electron chi connectivity index (χ3n) is 3.76. The molecule has 1 N–H and O–H groups in total. The molecule has 0 aliphatic heterocycles. The number of rotatable bonds is 9. The molecule has 21 heavy (non-hydrogen) atoms. The highest BCUT2D eigenvalue weighted by Gasteiger charge is 2.10. The van der Waals surface area contributed by atoms with E-state index >= 15 is 0 Å². The molecule has 0 fully saturated rings. The van der Waals surface area contributed by atoms with E-state index in [1.165, 1.54) is 30.4 Å². The molecule has 0 aliphatic rings. The van der Waals surface area contributed by atoms with Crippen molar-refractivity contribution in [3.05, 3.63) is 35.4 Å². The van der Waals surface area contributed by atoms with Crippen LogP contribution >= 0.6 is 0 Å². The fourth-order valence-corrected chi connectivity index (χ4v) is 2.47. The maximum atomic E-state index is 12.0. The van der Waals surface area contributed by atoms with E-state index < -0.39 is 0 Å². The minimum Gasteiger partial charge on any atom is -0.353 e. The molecule has 0 saturated heterocycles. The number of carbonyl (C=O) groups is 1. The highest BCUT2D eigenvalue weighted by atomic mass is 16.2. The molecule has 1 unspecified atom stereocenters. The highest BCUT2D eigenvalue weighted by molar-refractivity contribution is 5.78. The zero-order valence-electron chi connectivity index (χ0n) is 14.0. The van der Waals surface area contributed by atoms with Gasteiger partial charge in [0, 0.05) is 12.6 Å². The van der Waals surface area contributed by atoms with Crippen molar-refractivity contribution in [2.75, 3.05) is 13.6 Å². The first-order chi connectivity index (χ1) is 10.0. The highest BCUT2D eigenvalue weighted by Crippen LogP contribution is 2.09. The first-order valence-electron chi connectivity index (χ1n) is 8.05. The largest absolute Gasteiger partial charge is 0.353 e. The van der Waals surface area contributed by atoms with Crippen LogP contribution in [0.2, 0.25) is 0 Å². The molecule has 0 heterocycles. The van der Waals surface area contributed by atoms with Gasteiger partial charge in [-0.3, -0.25) is 9.69 Å². The zero-order chi connectivity index (χ0) is 15.7. The number of unbranched alkanes of at least 4 members (excludes halogenated alkanes) is 2. The molecule has 1 amide bonds. The van der Waals surface area contributed by atoms with Crippen LogP contribution in [-0.2, 0) is 11.3 Å². The van der Waals surface area contributed by atoms with Crippen molar-refractivity contribution < 1.29 is 4.79 Å². The molecule has 1 atom stereocenters. The van der Waals surface area contributed by atoms with E-state index in [2.05, 4.69) is 43.1 Å². The number of hydrogen-bond donors (Lipinski definition) is 1. The summed E-state index contributed by atoms with van der Waals surface area (Å²) in [6, 6.07) is 8.60. The van der Waals surface area contributed by atoms with Crippen LogP contribution in [0.15, 0.2) is 24.3 Å². The molecular weight excluding hydrogens is 260 g/mol. The van der Waals surface area contributed by atoms with Gasteiger partial charge in [0.05, 0.1) is 6.54 Å². The standard InChI is InChI=1S/C18H30N2O/c1-5-6-7-11-16(3)19-18(21)14-20(4)13-17-12-9-8-10-15(17)2/h8-10,12,16H,5-7,11,13-14H2,1-4H3,(H,19,21).